The van der Waals surface area contributed by atoms with Crippen molar-refractivity contribution in [3.05, 3.63) is 35.1 Å². The third-order valence-corrected chi connectivity index (χ3v) is 6.49. The molecule has 0 radical (unpaired) electrons. The lowest BCUT2D eigenvalue weighted by Gasteiger charge is -2.30. The number of halogens is 4. The first-order chi connectivity index (χ1) is 13.2. The number of guanidine groups is 1. The summed E-state index contributed by atoms with van der Waals surface area (Å²) in [6.45, 7) is 4.10. The minimum absolute atomic E-state index is 0.0716. The summed E-state index contributed by atoms with van der Waals surface area (Å²) in [6.07, 6.45) is -1.12. The topological polar surface area (TPSA) is 53.5 Å². The molecule has 2 rings (SSSR count). The lowest BCUT2D eigenvalue weighted by molar-refractivity contribution is -0.138. The van der Waals surface area contributed by atoms with Gasteiger partial charge in [-0.2, -0.15) is 13.2 Å². The Morgan fingerprint density at radius 1 is 1.29 bits per heavy atom. The van der Waals surface area contributed by atoms with E-state index in [1.54, 1.807) is 0 Å². The van der Waals surface area contributed by atoms with Crippen molar-refractivity contribution in [1.82, 2.24) is 10.6 Å². The Kier molecular flexibility index (Phi) is 8.27. The van der Waals surface area contributed by atoms with E-state index in [1.165, 1.54) is 0 Å². The molecule has 2 N–H and O–H groups in total. The summed E-state index contributed by atoms with van der Waals surface area (Å²) < 4.78 is 64.8. The molecule has 0 aliphatic heterocycles. The van der Waals surface area contributed by atoms with Crippen LogP contribution < -0.4 is 10.6 Å². The predicted molar refractivity (Wildman–Crippen MR) is 104 cm³/mol. The molecule has 4 nitrogen and oxygen atoms in total. The molecule has 3 unspecified atom stereocenters. The van der Waals surface area contributed by atoms with E-state index in [2.05, 4.69) is 15.6 Å². The zero-order valence-corrected chi connectivity index (χ0v) is 16.9. The molecule has 0 spiro atoms. The second-order valence-electron chi connectivity index (χ2n) is 6.79. The number of nitrogens with zero attached hydrogens (tertiary/aromatic N) is 1. The molecule has 0 bridgehead atoms. The Morgan fingerprint density at radius 3 is 2.68 bits per heavy atom. The van der Waals surface area contributed by atoms with E-state index in [0.717, 1.165) is 37.8 Å². The van der Waals surface area contributed by atoms with Crippen molar-refractivity contribution in [1.29, 1.82) is 0 Å². The van der Waals surface area contributed by atoms with Gasteiger partial charge in [0.1, 0.15) is 5.82 Å². The van der Waals surface area contributed by atoms with Gasteiger partial charge in [-0.1, -0.05) is 19.4 Å². The van der Waals surface area contributed by atoms with Crippen LogP contribution in [0.15, 0.2) is 23.2 Å². The van der Waals surface area contributed by atoms with Crippen LogP contribution in [0.3, 0.4) is 0 Å². The Hall–Kier alpha value is -1.64. The van der Waals surface area contributed by atoms with Crippen LogP contribution in [-0.2, 0) is 23.5 Å². The fourth-order valence-corrected chi connectivity index (χ4v) is 4.73. The van der Waals surface area contributed by atoms with Crippen molar-refractivity contribution in [3.8, 4) is 0 Å². The normalized spacial score (nSPS) is 22.0. The quantitative estimate of drug-likeness (QED) is 0.415. The summed E-state index contributed by atoms with van der Waals surface area (Å²) in [5.74, 6) is 0.103. The first-order valence-corrected chi connectivity index (χ1v) is 10.9. The Balaban J connectivity index is 2.12. The maximum atomic E-state index is 13.3. The number of alkyl halides is 3. The molecule has 1 aliphatic rings. The molecule has 0 aromatic heterocycles. The van der Waals surface area contributed by atoms with Crippen molar-refractivity contribution >= 4 is 16.8 Å². The third-order valence-electron chi connectivity index (χ3n) is 4.75. The van der Waals surface area contributed by atoms with E-state index in [-0.39, 0.29) is 23.4 Å². The molecule has 158 valence electrons. The SMILES string of the molecule is CCNC(=NCc1ccc(F)cc1C(F)(F)F)NC1CCCC(S(=O)CC)C1. The molecular formula is C19H27F4N3OS. The van der Waals surface area contributed by atoms with Crippen LogP contribution in [0, 0.1) is 5.82 Å². The molecule has 28 heavy (non-hydrogen) atoms. The molecule has 1 aromatic carbocycles. The van der Waals surface area contributed by atoms with Crippen LogP contribution in [0.25, 0.3) is 0 Å². The van der Waals surface area contributed by atoms with E-state index in [1.807, 2.05) is 13.8 Å². The smallest absolute Gasteiger partial charge is 0.357 e. The molecular weight excluding hydrogens is 394 g/mol. The van der Waals surface area contributed by atoms with E-state index in [4.69, 9.17) is 0 Å². The van der Waals surface area contributed by atoms with Gasteiger partial charge in [0.05, 0.1) is 12.1 Å². The first-order valence-electron chi connectivity index (χ1n) is 9.52. The fraction of sp³-hybridized carbons (Fsp3) is 0.632. The zero-order valence-electron chi connectivity index (χ0n) is 16.1. The summed E-state index contributed by atoms with van der Waals surface area (Å²) in [7, 11) is -0.862. The van der Waals surface area contributed by atoms with Crippen molar-refractivity contribution in [2.45, 2.75) is 63.5 Å². The average Bonchev–Trinajstić information content (AvgIpc) is 2.65. The molecule has 1 saturated carbocycles. The van der Waals surface area contributed by atoms with Crippen molar-refractivity contribution in [2.75, 3.05) is 12.3 Å². The van der Waals surface area contributed by atoms with Crippen LogP contribution in [-0.4, -0.2) is 33.8 Å². The highest BCUT2D eigenvalue weighted by atomic mass is 32.2. The lowest BCUT2D eigenvalue weighted by Crippen LogP contribution is -2.46. The minimum atomic E-state index is -4.64. The van der Waals surface area contributed by atoms with Crippen LogP contribution in [0.4, 0.5) is 17.6 Å². The highest BCUT2D eigenvalue weighted by Crippen LogP contribution is 2.33. The van der Waals surface area contributed by atoms with Gasteiger partial charge in [-0.05, 0) is 43.9 Å². The van der Waals surface area contributed by atoms with Gasteiger partial charge in [-0.3, -0.25) is 4.21 Å². The van der Waals surface area contributed by atoms with Gasteiger partial charge in [0.15, 0.2) is 5.96 Å². The third kappa shape index (κ3) is 6.46. The minimum Gasteiger partial charge on any atom is -0.357 e. The number of nitrogens with one attached hydrogen (secondary N) is 2. The lowest BCUT2D eigenvalue weighted by atomic mass is 9.95. The Labute approximate surface area is 165 Å². The maximum absolute atomic E-state index is 13.3. The van der Waals surface area contributed by atoms with Crippen LogP contribution in [0.5, 0.6) is 0 Å². The first kappa shape index (κ1) is 22.6. The van der Waals surface area contributed by atoms with Crippen molar-refractivity contribution in [2.24, 2.45) is 4.99 Å². The molecule has 3 atom stereocenters. The molecule has 1 aromatic rings. The number of aliphatic imine (C=N–C) groups is 1. The average molecular weight is 422 g/mol. The highest BCUT2D eigenvalue weighted by molar-refractivity contribution is 7.85. The van der Waals surface area contributed by atoms with Crippen molar-refractivity contribution < 1.29 is 21.8 Å². The van der Waals surface area contributed by atoms with E-state index in [0.29, 0.717) is 24.3 Å². The molecule has 0 amide bonds. The summed E-state index contributed by atoms with van der Waals surface area (Å²) in [4.78, 5) is 4.27. The highest BCUT2D eigenvalue weighted by Gasteiger charge is 2.33. The molecule has 9 heteroatoms. The second kappa shape index (κ2) is 10.2. The van der Waals surface area contributed by atoms with Crippen LogP contribution >= 0.6 is 0 Å². The number of hydrogen-bond donors (Lipinski definition) is 2. The van der Waals surface area contributed by atoms with E-state index >= 15 is 0 Å². The molecule has 0 heterocycles. The summed E-state index contributed by atoms with van der Waals surface area (Å²) in [6, 6.07) is 2.69. The van der Waals surface area contributed by atoms with Gasteiger partial charge in [0.25, 0.3) is 0 Å². The Bertz CT molecular complexity index is 709. The van der Waals surface area contributed by atoms with Crippen molar-refractivity contribution in [3.63, 3.8) is 0 Å². The van der Waals surface area contributed by atoms with Crippen LogP contribution in [0.1, 0.15) is 50.7 Å². The Morgan fingerprint density at radius 2 is 2.04 bits per heavy atom. The second-order valence-corrected chi connectivity index (χ2v) is 8.80. The van der Waals surface area contributed by atoms with Gasteiger partial charge in [-0.15, -0.1) is 0 Å². The zero-order chi connectivity index (χ0) is 20.7. The molecule has 1 aliphatic carbocycles. The number of rotatable bonds is 6. The molecule has 0 saturated heterocycles. The largest absolute Gasteiger partial charge is 0.416 e. The van der Waals surface area contributed by atoms with E-state index < -0.39 is 28.4 Å². The van der Waals surface area contributed by atoms with Crippen LogP contribution in [0.2, 0.25) is 0 Å². The van der Waals surface area contributed by atoms with Gasteiger partial charge < -0.3 is 10.6 Å². The summed E-state index contributed by atoms with van der Waals surface area (Å²) in [5, 5.41) is 6.42. The van der Waals surface area contributed by atoms with E-state index in [9.17, 15) is 21.8 Å². The fourth-order valence-electron chi connectivity index (χ4n) is 3.38. The number of benzene rings is 1. The predicted octanol–water partition coefficient (Wildman–Crippen LogP) is 3.98. The number of hydrogen-bond acceptors (Lipinski definition) is 2. The maximum Gasteiger partial charge on any atom is 0.416 e. The van der Waals surface area contributed by atoms with Gasteiger partial charge in [-0.25, -0.2) is 9.38 Å². The standard InChI is InChI=1S/C19H27F4N3OS/c1-3-24-18(26-15-6-5-7-16(11-15)28(27)4-2)25-12-13-8-9-14(20)10-17(13)19(21,22)23/h8-10,15-16H,3-7,11-12H2,1-2H3,(H2,24,25,26). The van der Waals surface area contributed by atoms with Gasteiger partial charge >= 0.3 is 6.18 Å². The monoisotopic (exact) mass is 421 g/mol. The molecule has 1 fully saturated rings. The van der Waals surface area contributed by atoms with Gasteiger partial charge in [0.2, 0.25) is 0 Å². The van der Waals surface area contributed by atoms with Gasteiger partial charge in [0, 0.05) is 34.4 Å². The summed E-state index contributed by atoms with van der Waals surface area (Å²) >= 11 is 0. The summed E-state index contributed by atoms with van der Waals surface area (Å²) in [5.41, 5.74) is -1.09.